The van der Waals surface area contributed by atoms with E-state index in [1.807, 2.05) is 17.5 Å². The van der Waals surface area contributed by atoms with Gasteiger partial charge in [-0.05, 0) is 28.8 Å². The monoisotopic (exact) mass is 328 g/mol. The second kappa shape index (κ2) is 5.69. The first kappa shape index (κ1) is 13.7. The number of benzene rings is 1. The van der Waals surface area contributed by atoms with Crippen molar-refractivity contribution in [2.45, 2.75) is 6.54 Å². The minimum atomic E-state index is -0.351. The molecule has 114 valence electrons. The van der Waals surface area contributed by atoms with Crippen LogP contribution in [-0.2, 0) is 6.54 Å². The summed E-state index contributed by atoms with van der Waals surface area (Å²) in [6.07, 6.45) is 0. The van der Waals surface area contributed by atoms with Crippen LogP contribution in [0, 0.1) is 5.82 Å². The molecule has 23 heavy (non-hydrogen) atoms. The van der Waals surface area contributed by atoms with Gasteiger partial charge in [-0.1, -0.05) is 18.2 Å². The number of thiophene rings is 1. The molecule has 4 rings (SSSR count). The number of nitrogens with zero attached hydrogens (tertiary/aromatic N) is 6. The van der Waals surface area contributed by atoms with Gasteiger partial charge in [0.1, 0.15) is 12.4 Å². The van der Waals surface area contributed by atoms with Crippen molar-refractivity contribution < 1.29 is 8.81 Å². The lowest BCUT2D eigenvalue weighted by molar-refractivity contribution is 0.447. The molecule has 0 saturated heterocycles. The lowest BCUT2D eigenvalue weighted by Gasteiger charge is -1.94. The molecule has 0 aliphatic rings. The molecule has 0 N–H and O–H groups in total. The number of aromatic nitrogens is 6. The minimum Gasteiger partial charge on any atom is -0.418 e. The topological polar surface area (TPSA) is 82.5 Å². The second-order valence-corrected chi connectivity index (χ2v) is 5.58. The average molecular weight is 328 g/mol. The van der Waals surface area contributed by atoms with Gasteiger partial charge in [0.2, 0.25) is 11.7 Å². The summed E-state index contributed by atoms with van der Waals surface area (Å²) in [5.74, 6) is 0.816. The molecular weight excluding hydrogens is 319 g/mol. The van der Waals surface area contributed by atoms with Crippen molar-refractivity contribution in [2.24, 2.45) is 0 Å². The van der Waals surface area contributed by atoms with Crippen molar-refractivity contribution >= 4 is 11.3 Å². The summed E-state index contributed by atoms with van der Waals surface area (Å²) in [4.78, 5) is 2.22. The van der Waals surface area contributed by atoms with Gasteiger partial charge in [-0.3, -0.25) is 0 Å². The largest absolute Gasteiger partial charge is 0.418 e. The standard InChI is InChI=1S/C14H9FN6OS/c15-10-4-1-3-9(7-10)13-17-20-21(19-13)8-12-16-18-14(22-12)11-5-2-6-23-11/h1-7H,8H2. The van der Waals surface area contributed by atoms with Crippen LogP contribution >= 0.6 is 11.3 Å². The van der Waals surface area contributed by atoms with Crippen LogP contribution in [0.3, 0.4) is 0 Å². The average Bonchev–Trinajstić information content (AvgIpc) is 3.29. The molecule has 4 aromatic rings. The number of hydrogen-bond donors (Lipinski definition) is 0. The first-order chi connectivity index (χ1) is 11.3. The smallest absolute Gasteiger partial charge is 0.257 e. The van der Waals surface area contributed by atoms with Gasteiger partial charge in [0.05, 0.1) is 4.88 Å². The first-order valence-electron chi connectivity index (χ1n) is 6.68. The Bertz CT molecular complexity index is 932. The summed E-state index contributed by atoms with van der Waals surface area (Å²) in [5.41, 5.74) is 0.557. The predicted octanol–water partition coefficient (Wildman–Crippen LogP) is 2.64. The maximum Gasteiger partial charge on any atom is 0.257 e. The van der Waals surface area contributed by atoms with E-state index in [1.165, 1.54) is 28.3 Å². The molecule has 3 aromatic heterocycles. The lowest BCUT2D eigenvalue weighted by atomic mass is 10.2. The first-order valence-corrected chi connectivity index (χ1v) is 7.56. The molecule has 0 radical (unpaired) electrons. The molecule has 0 fully saturated rings. The Kier molecular flexibility index (Phi) is 3.39. The van der Waals surface area contributed by atoms with E-state index in [0.29, 0.717) is 23.2 Å². The van der Waals surface area contributed by atoms with Crippen LogP contribution in [0.4, 0.5) is 4.39 Å². The van der Waals surface area contributed by atoms with Crippen LogP contribution in [0.2, 0.25) is 0 Å². The summed E-state index contributed by atoms with van der Waals surface area (Å²) >= 11 is 1.52. The predicted molar refractivity (Wildman–Crippen MR) is 79.9 cm³/mol. The number of rotatable bonds is 4. The molecular formula is C14H9FN6OS. The summed E-state index contributed by atoms with van der Waals surface area (Å²) in [5, 5.41) is 21.9. The third kappa shape index (κ3) is 2.86. The molecule has 0 aliphatic carbocycles. The van der Waals surface area contributed by atoms with Crippen molar-refractivity contribution in [1.82, 2.24) is 30.4 Å². The van der Waals surface area contributed by atoms with Gasteiger partial charge < -0.3 is 4.42 Å². The van der Waals surface area contributed by atoms with Crippen molar-refractivity contribution in [2.75, 3.05) is 0 Å². The molecule has 0 amide bonds. The SMILES string of the molecule is Fc1cccc(-c2nnn(Cc3nnc(-c4cccs4)o3)n2)c1. The van der Waals surface area contributed by atoms with Gasteiger partial charge in [-0.15, -0.1) is 31.7 Å². The molecule has 7 nitrogen and oxygen atoms in total. The minimum absolute atomic E-state index is 0.195. The third-order valence-corrected chi connectivity index (χ3v) is 3.87. The molecule has 9 heteroatoms. The third-order valence-electron chi connectivity index (χ3n) is 3.01. The maximum absolute atomic E-state index is 13.2. The van der Waals surface area contributed by atoms with Crippen molar-refractivity contribution in [3.63, 3.8) is 0 Å². The fourth-order valence-electron chi connectivity index (χ4n) is 1.99. The molecule has 0 unspecified atom stereocenters. The summed E-state index contributed by atoms with van der Waals surface area (Å²) < 4.78 is 18.8. The molecule has 0 saturated carbocycles. The van der Waals surface area contributed by atoms with Crippen LogP contribution < -0.4 is 0 Å². The highest BCUT2D eigenvalue weighted by atomic mass is 32.1. The Morgan fingerprint density at radius 2 is 2.09 bits per heavy atom. The van der Waals surface area contributed by atoms with E-state index < -0.39 is 0 Å². The molecule has 1 aromatic carbocycles. The van der Waals surface area contributed by atoms with Crippen LogP contribution in [0.1, 0.15) is 5.89 Å². The van der Waals surface area contributed by atoms with E-state index in [1.54, 1.807) is 12.1 Å². The van der Waals surface area contributed by atoms with Gasteiger partial charge in [0.15, 0.2) is 0 Å². The van der Waals surface area contributed by atoms with Crippen LogP contribution in [0.5, 0.6) is 0 Å². The quantitative estimate of drug-likeness (QED) is 0.573. The number of tetrazole rings is 1. The lowest BCUT2D eigenvalue weighted by Crippen LogP contribution is -2.04. The highest BCUT2D eigenvalue weighted by Crippen LogP contribution is 2.23. The summed E-state index contributed by atoms with van der Waals surface area (Å²) in [7, 11) is 0. The Balaban J connectivity index is 1.54. The Morgan fingerprint density at radius 3 is 2.91 bits per heavy atom. The second-order valence-electron chi connectivity index (χ2n) is 4.63. The maximum atomic E-state index is 13.2. The van der Waals surface area contributed by atoms with Crippen LogP contribution in [0.15, 0.2) is 46.2 Å². The molecule has 0 bridgehead atoms. The highest BCUT2D eigenvalue weighted by Gasteiger charge is 2.12. The van der Waals surface area contributed by atoms with E-state index in [0.717, 1.165) is 4.88 Å². The van der Waals surface area contributed by atoms with Gasteiger partial charge in [0, 0.05) is 5.56 Å². The van der Waals surface area contributed by atoms with Gasteiger partial charge in [0.25, 0.3) is 5.89 Å². The Morgan fingerprint density at radius 1 is 1.13 bits per heavy atom. The van der Waals surface area contributed by atoms with E-state index in [2.05, 4.69) is 25.6 Å². The van der Waals surface area contributed by atoms with E-state index >= 15 is 0 Å². The van der Waals surface area contributed by atoms with E-state index in [-0.39, 0.29) is 12.4 Å². The number of hydrogen-bond acceptors (Lipinski definition) is 7. The fraction of sp³-hybridized carbons (Fsp3) is 0.0714. The van der Waals surface area contributed by atoms with E-state index in [4.69, 9.17) is 4.42 Å². The van der Waals surface area contributed by atoms with Crippen molar-refractivity contribution in [1.29, 1.82) is 0 Å². The number of halogens is 1. The molecule has 0 atom stereocenters. The normalized spacial score (nSPS) is 11.0. The molecule has 3 heterocycles. The van der Waals surface area contributed by atoms with Crippen molar-refractivity contribution in [3.8, 4) is 22.2 Å². The summed E-state index contributed by atoms with van der Waals surface area (Å²) in [6.45, 7) is 0.195. The summed E-state index contributed by atoms with van der Waals surface area (Å²) in [6, 6.07) is 9.83. The Hall–Kier alpha value is -2.94. The molecule has 0 aliphatic heterocycles. The zero-order valence-electron chi connectivity index (χ0n) is 11.6. The van der Waals surface area contributed by atoms with Gasteiger partial charge in [-0.25, -0.2) is 4.39 Å². The van der Waals surface area contributed by atoms with Crippen molar-refractivity contribution in [3.05, 3.63) is 53.5 Å². The van der Waals surface area contributed by atoms with Gasteiger partial charge >= 0.3 is 0 Å². The zero-order valence-corrected chi connectivity index (χ0v) is 12.4. The van der Waals surface area contributed by atoms with Gasteiger partial charge in [-0.2, -0.15) is 4.80 Å². The zero-order chi connectivity index (χ0) is 15.6. The highest BCUT2D eigenvalue weighted by molar-refractivity contribution is 7.13. The molecule has 0 spiro atoms. The van der Waals surface area contributed by atoms with Crippen LogP contribution in [0.25, 0.3) is 22.2 Å². The van der Waals surface area contributed by atoms with E-state index in [9.17, 15) is 4.39 Å². The fourth-order valence-corrected chi connectivity index (χ4v) is 2.64. The Labute approximate surface area is 133 Å². The van der Waals surface area contributed by atoms with Crippen LogP contribution in [-0.4, -0.2) is 30.4 Å².